The highest BCUT2D eigenvalue weighted by molar-refractivity contribution is 7.59. The van der Waals surface area contributed by atoms with Crippen molar-refractivity contribution in [1.29, 1.82) is 0 Å². The van der Waals surface area contributed by atoms with Gasteiger partial charge < -0.3 is 0 Å². The van der Waals surface area contributed by atoms with Crippen LogP contribution >= 0.6 is 8.03 Å². The van der Waals surface area contributed by atoms with Crippen molar-refractivity contribution in [3.63, 3.8) is 0 Å². The third-order valence-corrected chi connectivity index (χ3v) is 2.05. The van der Waals surface area contributed by atoms with Gasteiger partial charge in [0.2, 0.25) is 0 Å². The topological polar surface area (TPSA) is 43.4 Å². The summed E-state index contributed by atoms with van der Waals surface area (Å²) in [5.74, 6) is -0.200. The average Bonchev–Trinajstić information content (AvgIpc) is 1.84. The van der Waals surface area contributed by atoms with Crippen LogP contribution < -0.4 is 0 Å². The van der Waals surface area contributed by atoms with Gasteiger partial charge in [0.05, 0.1) is 13.0 Å². The monoisotopic (exact) mass is 149 g/mol. The predicted octanol–water partition coefficient (Wildman–Crippen LogP) is 1.56. The summed E-state index contributed by atoms with van der Waals surface area (Å²) in [6.07, 6.45) is 0. The third-order valence-electron chi connectivity index (χ3n) is 0.840. The Labute approximate surface area is 55.3 Å². The molecule has 0 aliphatic carbocycles. The van der Waals surface area contributed by atoms with Crippen molar-refractivity contribution >= 4 is 13.6 Å². The van der Waals surface area contributed by atoms with E-state index in [1.165, 1.54) is 7.11 Å². The van der Waals surface area contributed by atoms with Gasteiger partial charge in [0.15, 0.2) is 0 Å². The molecule has 0 aromatic carbocycles. The van der Waals surface area contributed by atoms with E-state index < -0.39 is 8.03 Å². The van der Waals surface area contributed by atoms with Crippen LogP contribution in [0.5, 0.6) is 0 Å². The SMILES string of the molecule is CO[P+](=O)C(=O)C(C)C. The van der Waals surface area contributed by atoms with E-state index in [0.717, 1.165) is 0 Å². The molecule has 0 aliphatic heterocycles. The maximum absolute atomic E-state index is 10.7. The molecule has 0 amide bonds. The summed E-state index contributed by atoms with van der Waals surface area (Å²) in [5, 5.41) is 0. The lowest BCUT2D eigenvalue weighted by Gasteiger charge is -1.86. The van der Waals surface area contributed by atoms with Gasteiger partial charge in [-0.2, -0.15) is 0 Å². The van der Waals surface area contributed by atoms with Crippen molar-refractivity contribution in [2.75, 3.05) is 7.11 Å². The summed E-state index contributed by atoms with van der Waals surface area (Å²) in [6, 6.07) is 0. The van der Waals surface area contributed by atoms with Crippen LogP contribution in [0.25, 0.3) is 0 Å². The molecule has 0 heterocycles. The summed E-state index contributed by atoms with van der Waals surface area (Å²) in [7, 11) is -0.805. The van der Waals surface area contributed by atoms with Crippen LogP contribution in [0.4, 0.5) is 0 Å². The first-order valence-electron chi connectivity index (χ1n) is 2.64. The Hall–Kier alpha value is -0.270. The Morgan fingerprint density at radius 1 is 1.56 bits per heavy atom. The molecule has 0 fully saturated rings. The summed E-state index contributed by atoms with van der Waals surface area (Å²) < 4.78 is 14.9. The molecule has 9 heavy (non-hydrogen) atoms. The predicted molar refractivity (Wildman–Crippen MR) is 34.5 cm³/mol. The molecule has 4 heteroatoms. The minimum atomic E-state index is -2.07. The lowest BCUT2D eigenvalue weighted by Crippen LogP contribution is -2.01. The minimum absolute atomic E-state index is 0.200. The van der Waals surface area contributed by atoms with Crippen LogP contribution in [0.2, 0.25) is 0 Å². The molecule has 0 aromatic heterocycles. The van der Waals surface area contributed by atoms with Gasteiger partial charge in [0.25, 0.3) is 0 Å². The van der Waals surface area contributed by atoms with Crippen LogP contribution in [0.1, 0.15) is 13.8 Å². The van der Waals surface area contributed by atoms with E-state index >= 15 is 0 Å². The fraction of sp³-hybridized carbons (Fsp3) is 0.800. The van der Waals surface area contributed by atoms with Crippen molar-refractivity contribution in [3.8, 4) is 0 Å². The second-order valence-electron chi connectivity index (χ2n) is 1.93. The zero-order chi connectivity index (χ0) is 7.44. The van der Waals surface area contributed by atoms with Gasteiger partial charge in [-0.05, 0) is 4.57 Å². The van der Waals surface area contributed by atoms with E-state index in [9.17, 15) is 9.36 Å². The van der Waals surface area contributed by atoms with Gasteiger partial charge in [-0.1, -0.05) is 13.8 Å². The fourth-order valence-corrected chi connectivity index (χ4v) is 0.902. The quantitative estimate of drug-likeness (QED) is 0.572. The fourth-order valence-electron chi connectivity index (χ4n) is 0.301. The highest BCUT2D eigenvalue weighted by atomic mass is 31.1. The van der Waals surface area contributed by atoms with E-state index in [-0.39, 0.29) is 11.4 Å². The van der Waals surface area contributed by atoms with E-state index in [1.807, 2.05) is 0 Å². The smallest absolute Gasteiger partial charge is 0.236 e. The van der Waals surface area contributed by atoms with Gasteiger partial charge in [-0.15, -0.1) is 4.52 Å². The highest BCUT2D eigenvalue weighted by Gasteiger charge is 2.31. The van der Waals surface area contributed by atoms with E-state index in [4.69, 9.17) is 0 Å². The van der Waals surface area contributed by atoms with Crippen LogP contribution in [0, 0.1) is 5.92 Å². The second-order valence-corrected chi connectivity index (χ2v) is 3.25. The molecule has 0 saturated carbocycles. The number of carbonyl (C=O) groups excluding carboxylic acids is 1. The van der Waals surface area contributed by atoms with E-state index in [1.54, 1.807) is 13.8 Å². The van der Waals surface area contributed by atoms with Crippen LogP contribution in [0.3, 0.4) is 0 Å². The van der Waals surface area contributed by atoms with Gasteiger partial charge in [0.1, 0.15) is 0 Å². The molecule has 0 spiro atoms. The first-order valence-corrected chi connectivity index (χ1v) is 3.82. The van der Waals surface area contributed by atoms with Gasteiger partial charge in [-0.3, -0.25) is 0 Å². The Kier molecular flexibility index (Phi) is 3.59. The Bertz CT molecular complexity index is 130. The molecule has 52 valence electrons. The molecule has 0 saturated heterocycles. The van der Waals surface area contributed by atoms with Crippen molar-refractivity contribution in [2.45, 2.75) is 13.8 Å². The zero-order valence-corrected chi connectivity index (χ0v) is 6.64. The highest BCUT2D eigenvalue weighted by Crippen LogP contribution is 2.25. The first kappa shape index (κ1) is 8.73. The van der Waals surface area contributed by atoms with Crippen LogP contribution in [-0.2, 0) is 13.9 Å². The number of rotatable bonds is 3. The van der Waals surface area contributed by atoms with E-state index in [0.29, 0.717) is 0 Å². The molecule has 0 aromatic rings. The molecule has 1 unspecified atom stereocenters. The Morgan fingerprint density at radius 3 is 2.11 bits per heavy atom. The number of hydrogen-bond donors (Lipinski definition) is 0. The summed E-state index contributed by atoms with van der Waals surface area (Å²) in [6.45, 7) is 3.38. The maximum Gasteiger partial charge on any atom is 0.587 e. The molecule has 0 aliphatic rings. The first-order chi connectivity index (χ1) is 4.09. The Morgan fingerprint density at radius 2 is 2.00 bits per heavy atom. The molecule has 3 nitrogen and oxygen atoms in total. The van der Waals surface area contributed by atoms with Crippen molar-refractivity contribution < 1.29 is 13.9 Å². The lowest BCUT2D eigenvalue weighted by molar-refractivity contribution is -0.114. The van der Waals surface area contributed by atoms with E-state index in [2.05, 4.69) is 4.52 Å². The molecule has 0 N–H and O–H groups in total. The Balaban J connectivity index is 3.89. The maximum atomic E-state index is 10.7. The second kappa shape index (κ2) is 3.70. The molecular formula is C5H10O3P+. The van der Waals surface area contributed by atoms with Crippen molar-refractivity contribution in [1.82, 2.24) is 0 Å². The molecule has 0 rings (SSSR count). The van der Waals surface area contributed by atoms with Crippen molar-refractivity contribution in [3.05, 3.63) is 0 Å². The minimum Gasteiger partial charge on any atom is -0.236 e. The summed E-state index contributed by atoms with van der Waals surface area (Å²) in [5.41, 5.74) is -0.326. The lowest BCUT2D eigenvalue weighted by atomic mass is 10.3. The summed E-state index contributed by atoms with van der Waals surface area (Å²) in [4.78, 5) is 10.7. The zero-order valence-electron chi connectivity index (χ0n) is 5.75. The molecule has 0 bridgehead atoms. The van der Waals surface area contributed by atoms with Gasteiger partial charge in [0, 0.05) is 0 Å². The number of carbonyl (C=O) groups is 1. The van der Waals surface area contributed by atoms with Crippen LogP contribution in [-0.4, -0.2) is 12.6 Å². The summed E-state index contributed by atoms with van der Waals surface area (Å²) >= 11 is 0. The molecular weight excluding hydrogens is 139 g/mol. The number of hydrogen-bond acceptors (Lipinski definition) is 3. The van der Waals surface area contributed by atoms with Crippen LogP contribution in [0.15, 0.2) is 0 Å². The largest absolute Gasteiger partial charge is 0.587 e. The van der Waals surface area contributed by atoms with Gasteiger partial charge in [-0.25, -0.2) is 4.79 Å². The standard InChI is InChI=1S/C5H10O3P/c1-4(2)5(6)9(7)8-3/h4H,1-3H3/q+1. The van der Waals surface area contributed by atoms with Crippen molar-refractivity contribution in [2.24, 2.45) is 5.92 Å². The van der Waals surface area contributed by atoms with Gasteiger partial charge >= 0.3 is 13.6 Å². The molecule has 1 atom stereocenters. The molecule has 0 radical (unpaired) electrons. The third kappa shape index (κ3) is 2.68. The average molecular weight is 149 g/mol. The normalized spacial score (nSPS) is 11.8.